The summed E-state index contributed by atoms with van der Waals surface area (Å²) in [6, 6.07) is 32.4. The van der Waals surface area contributed by atoms with E-state index in [2.05, 4.69) is 0 Å². The topological polar surface area (TPSA) is 180 Å². The number of carbonyl (C=O) groups excluding carboxylic acids is 6. The molecule has 0 bridgehead atoms. The van der Waals surface area contributed by atoms with E-state index in [0.29, 0.717) is 15.9 Å². The van der Waals surface area contributed by atoms with Gasteiger partial charge in [-0.25, -0.2) is 14.4 Å². The van der Waals surface area contributed by atoms with Crippen LogP contribution in [0.4, 0.5) is 0 Å². The average molecular weight is 843 g/mol. The molecule has 1 aliphatic carbocycles. The molecule has 0 heterocycles. The molecule has 12 nitrogen and oxygen atoms in total. The summed E-state index contributed by atoms with van der Waals surface area (Å²) in [5.74, 6) is -8.76. The number of carbonyl (C=O) groups is 6. The second-order valence-electron chi connectivity index (χ2n) is 13.5. The van der Waals surface area contributed by atoms with Crippen LogP contribution < -0.4 is 15.9 Å². The molecule has 1 aliphatic rings. The van der Waals surface area contributed by atoms with Gasteiger partial charge >= 0.3 is 23.9 Å². The summed E-state index contributed by atoms with van der Waals surface area (Å²) in [4.78, 5) is 83.9. The molecular weight excluding hydrogens is 799 g/mol. The first-order valence-electron chi connectivity index (χ1n) is 19.6. The Kier molecular flexibility index (Phi) is 13.5. The highest BCUT2D eigenvalue weighted by molar-refractivity contribution is 7.96. The van der Waals surface area contributed by atoms with Gasteiger partial charge in [0.25, 0.3) is 0 Å². The van der Waals surface area contributed by atoms with Gasteiger partial charge in [0.15, 0.2) is 11.6 Å². The fourth-order valence-electron chi connectivity index (χ4n) is 7.60. The van der Waals surface area contributed by atoms with Crippen molar-refractivity contribution in [2.24, 2.45) is 0 Å². The second-order valence-corrected chi connectivity index (χ2v) is 16.8. The van der Waals surface area contributed by atoms with Crippen LogP contribution in [-0.2, 0) is 38.1 Å². The van der Waals surface area contributed by atoms with E-state index in [-0.39, 0.29) is 54.0 Å². The maximum absolute atomic E-state index is 14.9. The Bertz CT molecular complexity index is 2510. The van der Waals surface area contributed by atoms with Gasteiger partial charge in [0, 0.05) is 28.3 Å². The Morgan fingerprint density at radius 1 is 0.557 bits per heavy atom. The smallest absolute Gasteiger partial charge is 0.339 e. The van der Waals surface area contributed by atoms with Crippen LogP contribution in [0.25, 0.3) is 5.57 Å². The van der Waals surface area contributed by atoms with E-state index in [0.717, 1.165) is 6.08 Å². The van der Waals surface area contributed by atoms with Gasteiger partial charge in [0.05, 0.1) is 48.4 Å². The van der Waals surface area contributed by atoms with Gasteiger partial charge in [-0.15, -0.1) is 0 Å². The zero-order chi connectivity index (χ0) is 43.8. The average Bonchev–Trinajstić information content (AvgIpc) is 3.26. The maximum atomic E-state index is 14.9. The zero-order valence-electron chi connectivity index (χ0n) is 33.9. The molecule has 0 aromatic heterocycles. The fraction of sp³-hybridized carbons (Fsp3) is 0.188. The van der Waals surface area contributed by atoms with Crippen molar-refractivity contribution in [2.75, 3.05) is 26.4 Å². The molecule has 0 spiro atoms. The summed E-state index contributed by atoms with van der Waals surface area (Å²) in [7, 11) is 0. The quantitative estimate of drug-likeness (QED) is 0.0587. The standard InChI is InChI=1S/C48H43O12P/c1-5-57-37(49)28-36(46(54)58-6-2)32-24-25-33-38(41(32)50)42(51)34-26-27-35(44(53)39(34)43(33)52)40(47(55)59-7-3)45(48(56)60-8-4)61(29-18-12-9-13-19-29,30-20-14-10-15-21-30)31-22-16-11-17-23-31/h9-28,40,50,53H,5-8H2,1-4H3/b36-28+. The number of esters is 4. The van der Waals surface area contributed by atoms with Crippen molar-refractivity contribution in [2.45, 2.75) is 33.6 Å². The number of hydrogen-bond donors (Lipinski definition) is 2. The Morgan fingerprint density at radius 3 is 1.48 bits per heavy atom. The van der Waals surface area contributed by atoms with Crippen LogP contribution in [0, 0.1) is 0 Å². The van der Waals surface area contributed by atoms with Gasteiger partial charge < -0.3 is 29.2 Å². The van der Waals surface area contributed by atoms with E-state index >= 15 is 0 Å². The van der Waals surface area contributed by atoms with Crippen LogP contribution in [0.1, 0.15) is 76.6 Å². The lowest BCUT2D eigenvalue weighted by Gasteiger charge is -2.35. The Morgan fingerprint density at radius 2 is 1.00 bits per heavy atom. The van der Waals surface area contributed by atoms with E-state index in [1.807, 2.05) is 91.0 Å². The van der Waals surface area contributed by atoms with Gasteiger partial charge in [-0.3, -0.25) is 14.4 Å². The lowest BCUT2D eigenvalue weighted by Crippen LogP contribution is -2.40. The summed E-state index contributed by atoms with van der Waals surface area (Å²) in [6.07, 6.45) is 0.820. The minimum Gasteiger partial charge on any atom is -0.507 e. The summed E-state index contributed by atoms with van der Waals surface area (Å²) in [6.45, 7) is 2.58. The number of benzene rings is 5. The van der Waals surface area contributed by atoms with Gasteiger partial charge in [-0.05, 0) is 68.7 Å². The largest absolute Gasteiger partial charge is 0.507 e. The van der Waals surface area contributed by atoms with Crippen molar-refractivity contribution in [3.05, 3.63) is 155 Å². The molecule has 0 fully saturated rings. The van der Waals surface area contributed by atoms with Crippen molar-refractivity contribution in [3.8, 4) is 11.5 Å². The van der Waals surface area contributed by atoms with Crippen LogP contribution in [0.15, 0.2) is 121 Å². The Balaban J connectivity index is 1.68. The van der Waals surface area contributed by atoms with Crippen LogP contribution in [0.3, 0.4) is 0 Å². The predicted molar refractivity (Wildman–Crippen MR) is 230 cm³/mol. The maximum Gasteiger partial charge on any atom is 0.339 e. The minimum atomic E-state index is -3.46. The highest BCUT2D eigenvalue weighted by Crippen LogP contribution is 2.51. The summed E-state index contributed by atoms with van der Waals surface area (Å²) in [5, 5.41) is 25.9. The van der Waals surface area contributed by atoms with Crippen LogP contribution >= 0.6 is 6.89 Å². The van der Waals surface area contributed by atoms with Crippen molar-refractivity contribution >= 4 is 69.1 Å². The molecule has 5 aromatic rings. The van der Waals surface area contributed by atoms with E-state index < -0.39 is 76.4 Å². The molecule has 1 unspecified atom stereocenters. The first kappa shape index (κ1) is 43.5. The number of phenols is 2. The van der Waals surface area contributed by atoms with Crippen molar-refractivity contribution in [1.29, 1.82) is 0 Å². The number of aromatic hydroxyl groups is 2. The minimum absolute atomic E-state index is 0.0135. The van der Waals surface area contributed by atoms with Gasteiger partial charge in [-0.1, -0.05) is 97.1 Å². The molecule has 2 N–H and O–H groups in total. The molecule has 0 saturated carbocycles. The second kappa shape index (κ2) is 18.9. The molecule has 6 rings (SSSR count). The van der Waals surface area contributed by atoms with Crippen molar-refractivity contribution in [1.82, 2.24) is 0 Å². The molecule has 5 aromatic carbocycles. The van der Waals surface area contributed by atoms with Crippen LogP contribution in [0.5, 0.6) is 11.5 Å². The Labute approximate surface area is 352 Å². The summed E-state index contributed by atoms with van der Waals surface area (Å²) < 4.78 is 21.6. The number of phenolic OH excluding ortho intramolecular Hbond substituents is 2. The molecule has 1 atom stereocenters. The van der Waals surface area contributed by atoms with Crippen molar-refractivity contribution < 1.29 is 57.9 Å². The number of ketones is 2. The number of hydrogen-bond acceptors (Lipinski definition) is 12. The highest BCUT2D eigenvalue weighted by atomic mass is 31.2. The third-order valence-electron chi connectivity index (χ3n) is 10.0. The number of fused-ring (bicyclic) bond motifs is 2. The molecule has 312 valence electrons. The van der Waals surface area contributed by atoms with Crippen LogP contribution in [-0.4, -0.2) is 77.4 Å². The lowest BCUT2D eigenvalue weighted by molar-refractivity contribution is -0.144. The molecule has 0 saturated heterocycles. The first-order valence-corrected chi connectivity index (χ1v) is 21.4. The number of rotatable bonds is 14. The fourth-order valence-corrected chi connectivity index (χ4v) is 12.2. The van der Waals surface area contributed by atoms with E-state index in [9.17, 15) is 39.0 Å². The predicted octanol–water partition coefficient (Wildman–Crippen LogP) is 5.76. The molecule has 0 aliphatic heterocycles. The monoisotopic (exact) mass is 842 g/mol. The van der Waals surface area contributed by atoms with Gasteiger partial charge in [-0.2, -0.15) is 0 Å². The van der Waals surface area contributed by atoms with E-state index in [4.69, 9.17) is 18.9 Å². The van der Waals surface area contributed by atoms with Gasteiger partial charge in [0.1, 0.15) is 17.4 Å². The molecule has 0 amide bonds. The first-order chi connectivity index (χ1) is 29.5. The van der Waals surface area contributed by atoms with Gasteiger partial charge in [0.2, 0.25) is 0 Å². The molecule has 0 radical (unpaired) electrons. The number of ether oxygens (including phenoxy) is 4. The summed E-state index contributed by atoms with van der Waals surface area (Å²) >= 11 is 0. The molecule has 61 heavy (non-hydrogen) atoms. The summed E-state index contributed by atoms with van der Waals surface area (Å²) in [5.41, 5.74) is -2.58. The normalized spacial score (nSPS) is 12.7. The van der Waals surface area contributed by atoms with Crippen molar-refractivity contribution in [3.63, 3.8) is 0 Å². The third-order valence-corrected chi connectivity index (χ3v) is 14.4. The SMILES string of the molecule is CCOC(=O)/C=C(/C(=O)OCC)c1ccc2c(c1O)C(=O)c1ccc(C(C(=O)OCC)C(C(=O)OCC)=P(c3ccccc3)(c3ccccc3)c3ccccc3)c(O)c1C2=O. The van der Waals surface area contributed by atoms with Crippen LogP contribution in [0.2, 0.25) is 0 Å². The third kappa shape index (κ3) is 8.02. The Hall–Kier alpha value is -7.04. The molecule has 13 heteroatoms. The van der Waals surface area contributed by atoms with E-state index in [1.54, 1.807) is 27.7 Å². The lowest BCUT2D eigenvalue weighted by atomic mass is 9.79. The van der Waals surface area contributed by atoms with E-state index in [1.165, 1.54) is 24.3 Å². The zero-order valence-corrected chi connectivity index (χ0v) is 34.8. The molecular formula is C48H43O12P. The highest BCUT2D eigenvalue weighted by Gasteiger charge is 2.45.